The Hall–Kier alpha value is -0.500. The molecule has 0 amide bonds. The third kappa shape index (κ3) is 2.25. The molecule has 1 rings (SSSR count). The monoisotopic (exact) mass is 276 g/mol. The zero-order valence-electron chi connectivity index (χ0n) is 6.54. The molecular formula is C5H7BrF2N2O2S. The highest BCUT2D eigenvalue weighted by Crippen LogP contribution is 2.11. The van der Waals surface area contributed by atoms with Crippen molar-refractivity contribution < 1.29 is 38.7 Å². The Morgan fingerprint density at radius 2 is 2.08 bits per heavy atom. The van der Waals surface area contributed by atoms with Crippen LogP contribution in [0.5, 0.6) is 0 Å². The smallest absolute Gasteiger partial charge is 0.379 e. The molecule has 0 aliphatic carbocycles. The number of halogens is 3. The number of rotatable bonds is 2. The molecular weight excluding hydrogens is 270 g/mol. The molecule has 1 aromatic heterocycles. The van der Waals surface area contributed by atoms with Gasteiger partial charge in [0.1, 0.15) is 12.4 Å². The van der Waals surface area contributed by atoms with Crippen molar-refractivity contribution >= 4 is 9.84 Å². The number of imidazole rings is 1. The molecule has 13 heavy (non-hydrogen) atoms. The predicted octanol–water partition coefficient (Wildman–Crippen LogP) is -3.16. The van der Waals surface area contributed by atoms with E-state index >= 15 is 0 Å². The van der Waals surface area contributed by atoms with Crippen molar-refractivity contribution in [3.8, 4) is 0 Å². The van der Waals surface area contributed by atoms with Crippen LogP contribution in [0.2, 0.25) is 0 Å². The van der Waals surface area contributed by atoms with E-state index in [1.54, 1.807) is 0 Å². The molecule has 1 N–H and O–H groups in total. The fourth-order valence-corrected chi connectivity index (χ4v) is 1.62. The van der Waals surface area contributed by atoms with Crippen LogP contribution in [0.4, 0.5) is 8.78 Å². The molecule has 0 fully saturated rings. The molecule has 0 spiro atoms. The van der Waals surface area contributed by atoms with Crippen molar-refractivity contribution in [2.75, 3.05) is 0 Å². The lowest BCUT2D eigenvalue weighted by Crippen LogP contribution is -3.00. The van der Waals surface area contributed by atoms with Gasteiger partial charge < -0.3 is 17.0 Å². The fraction of sp³-hybridized carbons (Fsp3) is 0.400. The Bertz CT molecular complexity index is 376. The number of aromatic nitrogens is 2. The summed E-state index contributed by atoms with van der Waals surface area (Å²) < 4.78 is 46.6. The van der Waals surface area contributed by atoms with Gasteiger partial charge in [-0.05, 0) is 0 Å². The Kier molecular flexibility index (Phi) is 3.98. The maximum Gasteiger partial charge on any atom is 0.379 e. The molecule has 76 valence electrons. The third-order valence-corrected chi connectivity index (χ3v) is 2.74. The number of aryl methyl sites for hydroxylation is 1. The van der Waals surface area contributed by atoms with Gasteiger partial charge in [0, 0.05) is 0 Å². The maximum atomic E-state index is 11.9. The van der Waals surface area contributed by atoms with Crippen LogP contribution < -0.4 is 21.5 Å². The zero-order valence-corrected chi connectivity index (χ0v) is 8.94. The van der Waals surface area contributed by atoms with E-state index in [4.69, 9.17) is 0 Å². The van der Waals surface area contributed by atoms with Gasteiger partial charge >= 0.3 is 20.8 Å². The number of sulfone groups is 1. The second-order valence-corrected chi connectivity index (χ2v) is 4.01. The van der Waals surface area contributed by atoms with Crippen molar-refractivity contribution in [3.63, 3.8) is 0 Å². The molecule has 0 unspecified atom stereocenters. The molecule has 0 aliphatic heterocycles. The first-order valence-electron chi connectivity index (χ1n) is 3.01. The van der Waals surface area contributed by atoms with Crippen LogP contribution in [0.15, 0.2) is 17.6 Å². The van der Waals surface area contributed by atoms with Crippen molar-refractivity contribution in [1.82, 2.24) is 4.98 Å². The quantitative estimate of drug-likeness (QED) is 0.580. The normalized spacial score (nSPS) is 11.4. The fourth-order valence-electron chi connectivity index (χ4n) is 0.757. The molecule has 1 heterocycles. The van der Waals surface area contributed by atoms with Crippen LogP contribution in [0.3, 0.4) is 0 Å². The van der Waals surface area contributed by atoms with E-state index in [-0.39, 0.29) is 17.0 Å². The van der Waals surface area contributed by atoms with E-state index in [1.807, 2.05) is 0 Å². The standard InChI is InChI=1S/C5H6F2N2O2S.BrH/c1-9-3-2-8-5(9)12(10,11)4(6)7;/h2-4H,1H3;1H. The number of aromatic amines is 1. The molecule has 0 atom stereocenters. The zero-order chi connectivity index (χ0) is 9.35. The average molecular weight is 277 g/mol. The van der Waals surface area contributed by atoms with Gasteiger partial charge in [0.2, 0.25) is 0 Å². The minimum atomic E-state index is -4.49. The first-order chi connectivity index (χ1) is 5.46. The summed E-state index contributed by atoms with van der Waals surface area (Å²) >= 11 is 0. The summed E-state index contributed by atoms with van der Waals surface area (Å²) in [4.78, 5) is 2.22. The van der Waals surface area contributed by atoms with Crippen molar-refractivity contribution in [3.05, 3.63) is 12.4 Å². The first-order valence-corrected chi connectivity index (χ1v) is 4.56. The molecule has 0 saturated heterocycles. The molecule has 1 aromatic rings. The van der Waals surface area contributed by atoms with E-state index in [2.05, 4.69) is 4.98 Å². The summed E-state index contributed by atoms with van der Waals surface area (Å²) in [6.07, 6.45) is 2.62. The Labute approximate surface area is 84.3 Å². The molecule has 4 nitrogen and oxygen atoms in total. The van der Waals surface area contributed by atoms with Gasteiger partial charge in [-0.3, -0.25) is 0 Å². The summed E-state index contributed by atoms with van der Waals surface area (Å²) in [5.41, 5.74) is 0. The molecule has 0 aliphatic rings. The number of hydrogen-bond acceptors (Lipinski definition) is 2. The molecule has 0 bridgehead atoms. The second-order valence-electron chi connectivity index (χ2n) is 2.18. The van der Waals surface area contributed by atoms with Crippen molar-refractivity contribution in [1.29, 1.82) is 0 Å². The van der Waals surface area contributed by atoms with Crippen molar-refractivity contribution in [2.24, 2.45) is 7.05 Å². The minimum absolute atomic E-state index is 0. The number of nitrogens with one attached hydrogen (secondary N) is 1. The van der Waals surface area contributed by atoms with Crippen LogP contribution in [0.1, 0.15) is 0 Å². The van der Waals surface area contributed by atoms with E-state index in [0.717, 1.165) is 4.57 Å². The third-order valence-electron chi connectivity index (χ3n) is 1.33. The Morgan fingerprint density at radius 3 is 2.38 bits per heavy atom. The Morgan fingerprint density at radius 1 is 1.54 bits per heavy atom. The molecule has 8 heteroatoms. The van der Waals surface area contributed by atoms with Gasteiger partial charge in [-0.2, -0.15) is 8.78 Å². The van der Waals surface area contributed by atoms with Gasteiger partial charge in [0.15, 0.2) is 0 Å². The number of hydrogen-bond donors (Lipinski definition) is 1. The van der Waals surface area contributed by atoms with E-state index in [9.17, 15) is 17.2 Å². The first kappa shape index (κ1) is 12.5. The summed E-state index contributed by atoms with van der Waals surface area (Å²) in [6.45, 7) is 0. The van der Waals surface area contributed by atoms with Gasteiger partial charge in [-0.15, -0.1) is 0 Å². The summed E-state index contributed by atoms with van der Waals surface area (Å²) in [6, 6.07) is 0. The topological polar surface area (TPSA) is 53.8 Å². The van der Waals surface area contributed by atoms with Gasteiger partial charge in [-0.25, -0.2) is 18.0 Å². The number of alkyl halides is 2. The lowest BCUT2D eigenvalue weighted by Gasteiger charge is -1.95. The minimum Gasteiger partial charge on any atom is -1.00 e. The number of nitrogens with zero attached hydrogens (tertiary/aromatic N) is 1. The van der Waals surface area contributed by atoms with Gasteiger partial charge in [-0.1, -0.05) is 0 Å². The van der Waals surface area contributed by atoms with E-state index < -0.39 is 20.8 Å². The SMILES string of the molecule is C[n+]1cc[nH]c1S(=O)(=O)C(F)F.[Br-]. The second kappa shape index (κ2) is 4.14. The molecule has 0 aromatic carbocycles. The van der Waals surface area contributed by atoms with Crippen LogP contribution in [-0.2, 0) is 16.9 Å². The number of H-pyrrole nitrogens is 1. The highest BCUT2D eigenvalue weighted by atomic mass is 79.9. The van der Waals surface area contributed by atoms with Crippen molar-refractivity contribution in [2.45, 2.75) is 10.9 Å². The summed E-state index contributed by atoms with van der Waals surface area (Å²) in [5, 5.41) is -0.488. The molecule has 0 saturated carbocycles. The van der Waals surface area contributed by atoms with Crippen LogP contribution in [0.25, 0.3) is 0 Å². The van der Waals surface area contributed by atoms with Crippen LogP contribution >= 0.6 is 0 Å². The summed E-state index contributed by atoms with van der Waals surface area (Å²) in [7, 11) is -3.12. The highest BCUT2D eigenvalue weighted by Gasteiger charge is 2.35. The maximum absolute atomic E-state index is 11.9. The molecule has 0 radical (unpaired) electrons. The largest absolute Gasteiger partial charge is 1.00 e. The van der Waals surface area contributed by atoms with E-state index in [0.29, 0.717) is 0 Å². The van der Waals surface area contributed by atoms with Gasteiger partial charge in [0.25, 0.3) is 0 Å². The predicted molar refractivity (Wildman–Crippen MR) is 35.2 cm³/mol. The summed E-state index contributed by atoms with van der Waals surface area (Å²) in [5.74, 6) is -3.39. The van der Waals surface area contributed by atoms with Gasteiger partial charge in [0.05, 0.1) is 7.05 Å². The lowest BCUT2D eigenvalue weighted by molar-refractivity contribution is -0.709. The van der Waals surface area contributed by atoms with Crippen LogP contribution in [-0.4, -0.2) is 19.2 Å². The van der Waals surface area contributed by atoms with Crippen LogP contribution in [0, 0.1) is 0 Å². The lowest BCUT2D eigenvalue weighted by atomic mass is 10.9. The Balaban J connectivity index is 0.00000144. The van der Waals surface area contributed by atoms with E-state index in [1.165, 1.54) is 19.4 Å². The average Bonchev–Trinajstić information content (AvgIpc) is 2.35. The highest BCUT2D eigenvalue weighted by molar-refractivity contribution is 7.91.